The molecule has 0 radical (unpaired) electrons. The van der Waals surface area contributed by atoms with E-state index in [1.807, 2.05) is 35.7 Å². The molecule has 0 aliphatic heterocycles. The molecule has 4 nitrogen and oxygen atoms in total. The third-order valence-electron chi connectivity index (χ3n) is 3.60. The predicted octanol–water partition coefficient (Wildman–Crippen LogP) is 5.18. The van der Waals surface area contributed by atoms with Crippen LogP contribution in [0.25, 0.3) is 0 Å². The summed E-state index contributed by atoms with van der Waals surface area (Å²) in [6.07, 6.45) is 0. The Kier molecular flexibility index (Phi) is 6.92. The number of thioether (sulfide) groups is 1. The number of thiophene rings is 1. The zero-order chi connectivity index (χ0) is 19.1. The Morgan fingerprint density at radius 2 is 1.81 bits per heavy atom. The van der Waals surface area contributed by atoms with E-state index in [-0.39, 0.29) is 11.8 Å². The Bertz CT molecular complexity index is 912. The van der Waals surface area contributed by atoms with E-state index in [0.717, 1.165) is 10.6 Å². The maximum absolute atomic E-state index is 12.3. The Hall–Kier alpha value is -2.28. The van der Waals surface area contributed by atoms with Crippen molar-refractivity contribution >= 4 is 52.2 Å². The van der Waals surface area contributed by atoms with Crippen molar-refractivity contribution in [3.05, 3.63) is 81.5 Å². The first-order chi connectivity index (χ1) is 13.1. The van der Waals surface area contributed by atoms with E-state index in [4.69, 9.17) is 11.6 Å². The zero-order valence-electron chi connectivity index (χ0n) is 14.3. The molecule has 138 valence electrons. The third-order valence-corrected chi connectivity index (χ3v) is 5.73. The van der Waals surface area contributed by atoms with Gasteiger partial charge in [0.2, 0.25) is 0 Å². The van der Waals surface area contributed by atoms with Crippen LogP contribution in [0.1, 0.15) is 20.0 Å². The van der Waals surface area contributed by atoms with E-state index in [1.54, 1.807) is 42.1 Å². The van der Waals surface area contributed by atoms with Crippen LogP contribution in [0.15, 0.2) is 70.9 Å². The number of benzene rings is 2. The molecule has 3 aromatic rings. The van der Waals surface area contributed by atoms with E-state index < -0.39 is 0 Å². The fraction of sp³-hybridized carbons (Fsp3) is 0.100. The van der Waals surface area contributed by atoms with E-state index in [1.165, 1.54) is 11.3 Å². The zero-order valence-corrected chi connectivity index (χ0v) is 16.7. The topological polar surface area (TPSA) is 58.2 Å². The number of carbonyl (C=O) groups excluding carboxylic acids is 2. The Morgan fingerprint density at radius 3 is 2.56 bits per heavy atom. The van der Waals surface area contributed by atoms with Crippen LogP contribution in [0.4, 0.5) is 5.69 Å². The normalized spacial score (nSPS) is 10.4. The molecule has 0 atom stereocenters. The van der Waals surface area contributed by atoms with Crippen LogP contribution in [-0.4, -0.2) is 24.1 Å². The number of nitrogens with one attached hydrogen (secondary N) is 2. The molecule has 0 spiro atoms. The van der Waals surface area contributed by atoms with Crippen LogP contribution in [0, 0.1) is 0 Å². The molecule has 7 heteroatoms. The monoisotopic (exact) mass is 416 g/mol. The average molecular weight is 417 g/mol. The molecule has 27 heavy (non-hydrogen) atoms. The summed E-state index contributed by atoms with van der Waals surface area (Å²) in [6, 6.07) is 18.1. The van der Waals surface area contributed by atoms with Gasteiger partial charge in [-0.3, -0.25) is 9.59 Å². The molecule has 0 aliphatic carbocycles. The fourth-order valence-electron chi connectivity index (χ4n) is 2.30. The standard InChI is InChI=1S/C20H17ClN2O2S2/c21-15-6-8-17(9-7-15)26-12-10-22-19(24)14-3-1-4-16(13-14)23-20(25)18-5-2-11-27-18/h1-9,11,13H,10,12H2,(H,22,24)(H,23,25). The van der Waals surface area contributed by atoms with Gasteiger partial charge in [-0.05, 0) is 53.9 Å². The van der Waals surface area contributed by atoms with Crippen LogP contribution in [0.3, 0.4) is 0 Å². The first-order valence-electron chi connectivity index (χ1n) is 8.23. The molecule has 0 unspecified atom stereocenters. The van der Waals surface area contributed by atoms with Gasteiger partial charge in [0.1, 0.15) is 0 Å². The van der Waals surface area contributed by atoms with Gasteiger partial charge in [-0.15, -0.1) is 23.1 Å². The fourth-order valence-corrected chi connectivity index (χ4v) is 3.82. The van der Waals surface area contributed by atoms with Crippen molar-refractivity contribution in [1.29, 1.82) is 0 Å². The van der Waals surface area contributed by atoms with Crippen LogP contribution in [0.5, 0.6) is 0 Å². The summed E-state index contributed by atoms with van der Waals surface area (Å²) in [4.78, 5) is 26.2. The van der Waals surface area contributed by atoms with Crippen molar-refractivity contribution in [1.82, 2.24) is 5.32 Å². The van der Waals surface area contributed by atoms with E-state index in [0.29, 0.717) is 27.7 Å². The average Bonchev–Trinajstić information content (AvgIpc) is 3.22. The summed E-state index contributed by atoms with van der Waals surface area (Å²) in [6.45, 7) is 0.540. The summed E-state index contributed by atoms with van der Waals surface area (Å²) in [5.41, 5.74) is 1.10. The van der Waals surface area contributed by atoms with E-state index in [9.17, 15) is 9.59 Å². The minimum Gasteiger partial charge on any atom is -0.351 e. The van der Waals surface area contributed by atoms with Gasteiger partial charge in [0, 0.05) is 33.5 Å². The van der Waals surface area contributed by atoms with Crippen LogP contribution in [-0.2, 0) is 0 Å². The minimum absolute atomic E-state index is 0.168. The number of halogens is 1. The van der Waals surface area contributed by atoms with Gasteiger partial charge in [-0.1, -0.05) is 23.7 Å². The van der Waals surface area contributed by atoms with Gasteiger partial charge < -0.3 is 10.6 Å². The highest BCUT2D eigenvalue weighted by molar-refractivity contribution is 7.99. The highest BCUT2D eigenvalue weighted by Crippen LogP contribution is 2.20. The smallest absolute Gasteiger partial charge is 0.265 e. The second kappa shape index (κ2) is 9.60. The summed E-state index contributed by atoms with van der Waals surface area (Å²) in [5.74, 6) is 0.406. The molecule has 0 saturated carbocycles. The van der Waals surface area contributed by atoms with E-state index >= 15 is 0 Å². The van der Waals surface area contributed by atoms with Crippen molar-refractivity contribution in [3.63, 3.8) is 0 Å². The molecule has 1 aromatic heterocycles. The molecule has 3 rings (SSSR count). The molecule has 2 N–H and O–H groups in total. The SMILES string of the molecule is O=C(NCCSc1ccc(Cl)cc1)c1cccc(NC(=O)c2cccs2)c1. The van der Waals surface area contributed by atoms with Crippen molar-refractivity contribution in [3.8, 4) is 0 Å². The van der Waals surface area contributed by atoms with Crippen molar-refractivity contribution < 1.29 is 9.59 Å². The number of hydrogen-bond donors (Lipinski definition) is 2. The molecule has 0 saturated heterocycles. The van der Waals surface area contributed by atoms with Crippen LogP contribution >= 0.6 is 34.7 Å². The molecule has 2 amide bonds. The third kappa shape index (κ3) is 5.85. The van der Waals surface area contributed by atoms with Gasteiger partial charge >= 0.3 is 0 Å². The molecule has 2 aromatic carbocycles. The second-order valence-corrected chi connectivity index (χ2v) is 8.12. The first kappa shape index (κ1) is 19.5. The molecular weight excluding hydrogens is 400 g/mol. The molecule has 0 fully saturated rings. The number of rotatable bonds is 7. The lowest BCUT2D eigenvalue weighted by atomic mass is 10.2. The van der Waals surface area contributed by atoms with Gasteiger partial charge in [0.05, 0.1) is 4.88 Å². The maximum Gasteiger partial charge on any atom is 0.265 e. The van der Waals surface area contributed by atoms with Gasteiger partial charge in [-0.25, -0.2) is 0 Å². The van der Waals surface area contributed by atoms with Crippen molar-refractivity contribution in [2.75, 3.05) is 17.6 Å². The van der Waals surface area contributed by atoms with Gasteiger partial charge in [-0.2, -0.15) is 0 Å². The first-order valence-corrected chi connectivity index (χ1v) is 10.5. The summed E-state index contributed by atoms with van der Waals surface area (Å²) in [5, 5.41) is 8.26. The largest absolute Gasteiger partial charge is 0.351 e. The Balaban J connectivity index is 1.49. The van der Waals surface area contributed by atoms with Crippen molar-refractivity contribution in [2.45, 2.75) is 4.90 Å². The quantitative estimate of drug-likeness (QED) is 0.412. The molecule has 0 aliphatic rings. The number of carbonyl (C=O) groups is 2. The number of anilines is 1. The minimum atomic E-state index is -0.179. The number of amides is 2. The summed E-state index contributed by atoms with van der Waals surface area (Å²) in [7, 11) is 0. The molecule has 0 bridgehead atoms. The van der Waals surface area contributed by atoms with Crippen molar-refractivity contribution in [2.24, 2.45) is 0 Å². The van der Waals surface area contributed by atoms with Crippen LogP contribution in [0.2, 0.25) is 5.02 Å². The van der Waals surface area contributed by atoms with Gasteiger partial charge in [0.25, 0.3) is 11.8 Å². The summed E-state index contributed by atoms with van der Waals surface area (Å²) >= 11 is 8.88. The molecular formula is C20H17ClN2O2S2. The van der Waals surface area contributed by atoms with Gasteiger partial charge in [0.15, 0.2) is 0 Å². The number of hydrogen-bond acceptors (Lipinski definition) is 4. The summed E-state index contributed by atoms with van der Waals surface area (Å²) < 4.78 is 0. The maximum atomic E-state index is 12.3. The Labute approximate surface area is 170 Å². The predicted molar refractivity (Wildman–Crippen MR) is 113 cm³/mol. The Morgan fingerprint density at radius 1 is 1.00 bits per heavy atom. The lowest BCUT2D eigenvalue weighted by Crippen LogP contribution is -2.25. The lowest BCUT2D eigenvalue weighted by molar-refractivity contribution is 0.0954. The second-order valence-electron chi connectivity index (χ2n) is 5.57. The highest BCUT2D eigenvalue weighted by atomic mass is 35.5. The van der Waals surface area contributed by atoms with Crippen LogP contribution < -0.4 is 10.6 Å². The molecule has 1 heterocycles. The highest BCUT2D eigenvalue weighted by Gasteiger charge is 2.09. The van der Waals surface area contributed by atoms with E-state index in [2.05, 4.69) is 10.6 Å². The lowest BCUT2D eigenvalue weighted by Gasteiger charge is -2.08.